The molecule has 1 nitrogen and oxygen atoms in total. The van der Waals surface area contributed by atoms with Crippen LogP contribution in [-0.2, 0) is 6.54 Å². The summed E-state index contributed by atoms with van der Waals surface area (Å²) in [6.45, 7) is 8.88. The zero-order valence-corrected chi connectivity index (χ0v) is 10.1. The van der Waals surface area contributed by atoms with Crippen molar-refractivity contribution in [2.45, 2.75) is 27.3 Å². The van der Waals surface area contributed by atoms with E-state index in [4.69, 9.17) is 0 Å². The van der Waals surface area contributed by atoms with E-state index >= 15 is 0 Å². The molecule has 0 spiro atoms. The average Bonchev–Trinajstić information content (AvgIpc) is 2.11. The Morgan fingerprint density at radius 3 is 2.21 bits per heavy atom. The highest BCUT2D eigenvalue weighted by Gasteiger charge is 2.12. The average molecular weight is 192 g/mol. The maximum absolute atomic E-state index is 2.31. The fourth-order valence-electron chi connectivity index (χ4n) is 1.51. The van der Waals surface area contributed by atoms with Gasteiger partial charge in [0.15, 0.2) is 0 Å². The van der Waals surface area contributed by atoms with Crippen LogP contribution in [0.5, 0.6) is 0 Å². The summed E-state index contributed by atoms with van der Waals surface area (Å²) < 4.78 is 1.06. The van der Waals surface area contributed by atoms with Crippen molar-refractivity contribution in [1.82, 2.24) is 0 Å². The fraction of sp³-hybridized carbons (Fsp3) is 0.538. The molecule has 0 aliphatic carbocycles. The van der Waals surface area contributed by atoms with Gasteiger partial charge in [-0.3, -0.25) is 0 Å². The Bertz CT molecular complexity index is 313. The van der Waals surface area contributed by atoms with Crippen LogP contribution in [0.1, 0.15) is 23.6 Å². The smallest absolute Gasteiger partial charge is 0.104 e. The summed E-state index contributed by atoms with van der Waals surface area (Å²) in [7, 11) is 4.55. The second-order valence-electron chi connectivity index (χ2n) is 4.83. The van der Waals surface area contributed by atoms with Crippen LogP contribution in [0.25, 0.3) is 0 Å². The van der Waals surface area contributed by atoms with Gasteiger partial charge in [0.1, 0.15) is 6.54 Å². The third-order valence-corrected chi connectivity index (χ3v) is 3.04. The summed E-state index contributed by atoms with van der Waals surface area (Å²) >= 11 is 0. The first-order valence-electron chi connectivity index (χ1n) is 5.33. The van der Waals surface area contributed by atoms with Crippen molar-refractivity contribution >= 4 is 0 Å². The van der Waals surface area contributed by atoms with Gasteiger partial charge in [-0.2, -0.15) is 0 Å². The van der Waals surface area contributed by atoms with Gasteiger partial charge < -0.3 is 4.48 Å². The van der Waals surface area contributed by atoms with Gasteiger partial charge in [-0.25, -0.2) is 0 Å². The van der Waals surface area contributed by atoms with Gasteiger partial charge in [0.2, 0.25) is 0 Å². The van der Waals surface area contributed by atoms with Crippen molar-refractivity contribution in [2.24, 2.45) is 0 Å². The number of hydrogen-bond donors (Lipinski definition) is 0. The summed E-state index contributed by atoms with van der Waals surface area (Å²) in [5, 5.41) is 0. The third-order valence-electron chi connectivity index (χ3n) is 3.04. The lowest BCUT2D eigenvalue weighted by atomic mass is 10.1. The van der Waals surface area contributed by atoms with Crippen LogP contribution in [0.2, 0.25) is 0 Å². The number of nitrogens with zero attached hydrogens (tertiary/aromatic N) is 1. The maximum Gasteiger partial charge on any atom is 0.104 e. The van der Waals surface area contributed by atoms with E-state index in [0.717, 1.165) is 11.0 Å². The first-order valence-corrected chi connectivity index (χ1v) is 5.33. The molecule has 0 N–H and O–H groups in total. The number of quaternary nitrogens is 1. The molecule has 0 unspecified atom stereocenters. The minimum atomic E-state index is 1.06. The van der Waals surface area contributed by atoms with Crippen LogP contribution in [0.4, 0.5) is 0 Å². The molecule has 78 valence electrons. The number of benzene rings is 1. The Balaban J connectivity index is 2.83. The SMILES string of the molecule is CC[N+](C)(C)Cc1ccc(C)c(C)c1. The normalized spacial score (nSPS) is 11.8. The van der Waals surface area contributed by atoms with E-state index in [-0.39, 0.29) is 0 Å². The predicted molar refractivity (Wildman–Crippen MR) is 62.3 cm³/mol. The molecule has 0 fully saturated rings. The summed E-state index contributed by atoms with van der Waals surface area (Å²) in [5.74, 6) is 0. The molecule has 0 heterocycles. The molecule has 0 radical (unpaired) electrons. The predicted octanol–water partition coefficient (Wildman–Crippen LogP) is 2.90. The molecule has 1 rings (SSSR count). The molecule has 0 atom stereocenters. The van der Waals surface area contributed by atoms with Gasteiger partial charge in [0, 0.05) is 5.56 Å². The Morgan fingerprint density at radius 1 is 1.07 bits per heavy atom. The van der Waals surface area contributed by atoms with E-state index in [1.54, 1.807) is 0 Å². The number of rotatable bonds is 3. The molecule has 0 bridgehead atoms. The fourth-order valence-corrected chi connectivity index (χ4v) is 1.51. The maximum atomic E-state index is 2.31. The van der Waals surface area contributed by atoms with Crippen LogP contribution in [0.3, 0.4) is 0 Å². The molecule has 0 aliphatic rings. The number of aryl methyl sites for hydroxylation is 2. The van der Waals surface area contributed by atoms with Crippen molar-refractivity contribution in [1.29, 1.82) is 0 Å². The van der Waals surface area contributed by atoms with E-state index < -0.39 is 0 Å². The van der Waals surface area contributed by atoms with E-state index in [0.29, 0.717) is 0 Å². The summed E-state index contributed by atoms with van der Waals surface area (Å²) in [5.41, 5.74) is 4.23. The van der Waals surface area contributed by atoms with Crippen LogP contribution in [-0.4, -0.2) is 25.1 Å². The first-order chi connectivity index (χ1) is 6.44. The highest BCUT2D eigenvalue weighted by molar-refractivity contribution is 5.29. The van der Waals surface area contributed by atoms with Crippen molar-refractivity contribution in [3.05, 3.63) is 34.9 Å². The van der Waals surface area contributed by atoms with Crippen molar-refractivity contribution in [3.8, 4) is 0 Å². The van der Waals surface area contributed by atoms with E-state index in [1.165, 1.54) is 23.2 Å². The first kappa shape index (κ1) is 11.3. The third kappa shape index (κ3) is 2.85. The lowest BCUT2D eigenvalue weighted by molar-refractivity contribution is -0.901. The van der Waals surface area contributed by atoms with Crippen LogP contribution in [0, 0.1) is 13.8 Å². The molecule has 0 saturated heterocycles. The molecule has 0 aromatic heterocycles. The van der Waals surface area contributed by atoms with Crippen LogP contribution < -0.4 is 0 Å². The van der Waals surface area contributed by atoms with Gasteiger partial charge in [-0.15, -0.1) is 0 Å². The van der Waals surface area contributed by atoms with Gasteiger partial charge in [-0.1, -0.05) is 18.2 Å². The van der Waals surface area contributed by atoms with Crippen molar-refractivity contribution < 1.29 is 4.48 Å². The zero-order chi connectivity index (χ0) is 10.8. The van der Waals surface area contributed by atoms with Crippen molar-refractivity contribution in [2.75, 3.05) is 20.6 Å². The van der Waals surface area contributed by atoms with Gasteiger partial charge in [-0.05, 0) is 31.9 Å². The van der Waals surface area contributed by atoms with Gasteiger partial charge in [0.25, 0.3) is 0 Å². The summed E-state index contributed by atoms with van der Waals surface area (Å²) in [4.78, 5) is 0. The molecule has 14 heavy (non-hydrogen) atoms. The Morgan fingerprint density at radius 2 is 1.71 bits per heavy atom. The lowest BCUT2D eigenvalue weighted by Crippen LogP contribution is -2.38. The monoisotopic (exact) mass is 192 g/mol. The molecular formula is C13H22N+. The quantitative estimate of drug-likeness (QED) is 0.646. The second-order valence-corrected chi connectivity index (χ2v) is 4.83. The number of hydrogen-bond acceptors (Lipinski definition) is 0. The van der Waals surface area contributed by atoms with E-state index in [1.807, 2.05) is 0 Å². The minimum Gasteiger partial charge on any atom is -0.325 e. The Hall–Kier alpha value is -0.820. The second kappa shape index (κ2) is 4.14. The topological polar surface area (TPSA) is 0 Å². The summed E-state index contributed by atoms with van der Waals surface area (Å²) in [6.07, 6.45) is 0. The standard InChI is InChI=1S/C13H22N/c1-6-14(4,5)10-13-8-7-11(2)12(3)9-13/h7-9H,6,10H2,1-5H3/q+1. The highest BCUT2D eigenvalue weighted by atomic mass is 15.3. The molecule has 1 heteroatoms. The molecule has 0 amide bonds. The lowest BCUT2D eigenvalue weighted by Gasteiger charge is -2.28. The molecule has 0 aliphatic heterocycles. The van der Waals surface area contributed by atoms with Crippen LogP contribution >= 0.6 is 0 Å². The molecule has 1 aromatic rings. The molecule has 0 saturated carbocycles. The summed E-state index contributed by atoms with van der Waals surface area (Å²) in [6, 6.07) is 6.78. The van der Waals surface area contributed by atoms with Gasteiger partial charge >= 0.3 is 0 Å². The largest absolute Gasteiger partial charge is 0.325 e. The van der Waals surface area contributed by atoms with Gasteiger partial charge in [0.05, 0.1) is 20.6 Å². The molecular weight excluding hydrogens is 170 g/mol. The zero-order valence-electron chi connectivity index (χ0n) is 10.1. The highest BCUT2D eigenvalue weighted by Crippen LogP contribution is 2.13. The van der Waals surface area contributed by atoms with E-state index in [2.05, 4.69) is 53.1 Å². The molecule has 1 aromatic carbocycles. The Labute approximate surface area is 88.0 Å². The van der Waals surface area contributed by atoms with Crippen molar-refractivity contribution in [3.63, 3.8) is 0 Å². The van der Waals surface area contributed by atoms with E-state index in [9.17, 15) is 0 Å². The minimum absolute atomic E-state index is 1.06. The Kier molecular flexibility index (Phi) is 3.33. The van der Waals surface area contributed by atoms with Crippen LogP contribution in [0.15, 0.2) is 18.2 Å².